The molecule has 0 atom stereocenters. The lowest BCUT2D eigenvalue weighted by atomic mass is 10.0. The van der Waals surface area contributed by atoms with E-state index in [9.17, 15) is 4.79 Å². The molecule has 1 amide bonds. The third kappa shape index (κ3) is 2.83. The quantitative estimate of drug-likeness (QED) is 0.873. The zero-order chi connectivity index (χ0) is 14.0. The van der Waals surface area contributed by atoms with E-state index >= 15 is 0 Å². The van der Waals surface area contributed by atoms with Gasteiger partial charge in [0, 0.05) is 6.54 Å². The van der Waals surface area contributed by atoms with Crippen molar-refractivity contribution < 1.29 is 4.79 Å². The van der Waals surface area contributed by atoms with Gasteiger partial charge in [0.05, 0.1) is 6.42 Å². The number of fused-ring (bicyclic) bond motifs is 1. The Balaban J connectivity index is 1.62. The van der Waals surface area contributed by atoms with Crippen molar-refractivity contribution >= 4 is 16.7 Å². The average Bonchev–Trinajstić information content (AvgIpc) is 3.26. The zero-order valence-corrected chi connectivity index (χ0v) is 11.6. The topological polar surface area (TPSA) is 55.1 Å². The van der Waals surface area contributed by atoms with Crippen LogP contribution in [0.2, 0.25) is 0 Å². The number of amides is 1. The second-order valence-corrected chi connectivity index (χ2v) is 5.84. The van der Waals surface area contributed by atoms with Gasteiger partial charge in [-0.2, -0.15) is 0 Å². The van der Waals surface area contributed by atoms with Crippen LogP contribution in [-0.4, -0.2) is 19.0 Å². The number of rotatable bonds is 5. The molecule has 104 valence electrons. The molecule has 3 N–H and O–H groups in total. The summed E-state index contributed by atoms with van der Waals surface area (Å²) in [4.78, 5) is 12.0. The molecule has 1 aliphatic rings. The summed E-state index contributed by atoms with van der Waals surface area (Å²) < 4.78 is 0. The molecule has 0 heterocycles. The maximum atomic E-state index is 12.0. The minimum atomic E-state index is 0.0833. The van der Waals surface area contributed by atoms with Crippen molar-refractivity contribution in [3.63, 3.8) is 0 Å². The molecule has 0 aliphatic heterocycles. The van der Waals surface area contributed by atoms with Crippen molar-refractivity contribution in [3.05, 3.63) is 48.0 Å². The summed E-state index contributed by atoms with van der Waals surface area (Å²) in [6.07, 6.45) is 2.71. The van der Waals surface area contributed by atoms with Gasteiger partial charge in [-0.25, -0.2) is 0 Å². The number of carbonyl (C=O) groups is 1. The van der Waals surface area contributed by atoms with E-state index in [-0.39, 0.29) is 11.3 Å². The lowest BCUT2D eigenvalue weighted by Crippen LogP contribution is -2.34. The van der Waals surface area contributed by atoms with E-state index in [1.54, 1.807) is 0 Å². The Morgan fingerprint density at radius 3 is 2.60 bits per heavy atom. The van der Waals surface area contributed by atoms with Crippen LogP contribution in [-0.2, 0) is 11.2 Å². The van der Waals surface area contributed by atoms with Gasteiger partial charge in [0.25, 0.3) is 0 Å². The van der Waals surface area contributed by atoms with Gasteiger partial charge in [-0.05, 0) is 41.1 Å². The number of nitrogens with one attached hydrogen (secondary N) is 1. The smallest absolute Gasteiger partial charge is 0.224 e. The first-order chi connectivity index (χ1) is 9.71. The van der Waals surface area contributed by atoms with Crippen LogP contribution in [0.5, 0.6) is 0 Å². The summed E-state index contributed by atoms with van der Waals surface area (Å²) in [6.45, 7) is 1.39. The van der Waals surface area contributed by atoms with E-state index in [0.717, 1.165) is 24.9 Å². The van der Waals surface area contributed by atoms with Crippen molar-refractivity contribution in [2.24, 2.45) is 11.1 Å². The number of nitrogens with two attached hydrogens (primary N) is 1. The van der Waals surface area contributed by atoms with Crippen molar-refractivity contribution in [1.29, 1.82) is 0 Å². The van der Waals surface area contributed by atoms with Gasteiger partial charge in [0.1, 0.15) is 0 Å². The van der Waals surface area contributed by atoms with E-state index in [1.807, 2.05) is 18.2 Å². The first-order valence-corrected chi connectivity index (χ1v) is 7.15. The number of hydrogen-bond acceptors (Lipinski definition) is 2. The highest BCUT2D eigenvalue weighted by atomic mass is 16.1. The molecule has 0 saturated heterocycles. The molecule has 0 aromatic heterocycles. The molecule has 0 radical (unpaired) electrons. The van der Waals surface area contributed by atoms with Gasteiger partial charge in [-0.15, -0.1) is 0 Å². The van der Waals surface area contributed by atoms with Gasteiger partial charge < -0.3 is 11.1 Å². The zero-order valence-electron chi connectivity index (χ0n) is 11.6. The summed E-state index contributed by atoms with van der Waals surface area (Å²) in [5.74, 6) is 0.0833. The Morgan fingerprint density at radius 2 is 1.90 bits per heavy atom. The molecule has 1 fully saturated rings. The van der Waals surface area contributed by atoms with Gasteiger partial charge in [-0.3, -0.25) is 4.79 Å². The molecule has 0 spiro atoms. The molecular formula is C17H20N2O. The van der Waals surface area contributed by atoms with Crippen molar-refractivity contribution in [2.75, 3.05) is 13.1 Å². The Hall–Kier alpha value is -1.87. The fraction of sp³-hybridized carbons (Fsp3) is 0.353. The molecule has 0 unspecified atom stereocenters. The fourth-order valence-electron chi connectivity index (χ4n) is 2.51. The summed E-state index contributed by atoms with van der Waals surface area (Å²) in [5.41, 5.74) is 6.97. The highest BCUT2D eigenvalue weighted by Crippen LogP contribution is 2.43. The normalized spacial score (nSPS) is 16.1. The summed E-state index contributed by atoms with van der Waals surface area (Å²) in [6, 6.07) is 14.4. The Bertz CT molecular complexity index is 632. The lowest BCUT2D eigenvalue weighted by molar-refractivity contribution is -0.120. The van der Waals surface area contributed by atoms with Crippen molar-refractivity contribution in [3.8, 4) is 0 Å². The van der Waals surface area contributed by atoms with E-state index < -0.39 is 0 Å². The third-order valence-electron chi connectivity index (χ3n) is 4.23. The predicted molar refractivity (Wildman–Crippen MR) is 81.4 cm³/mol. The summed E-state index contributed by atoms with van der Waals surface area (Å²) in [5, 5.41) is 5.40. The minimum Gasteiger partial charge on any atom is -0.355 e. The minimum absolute atomic E-state index is 0.0833. The first kappa shape index (κ1) is 13.1. The van der Waals surface area contributed by atoms with E-state index in [1.165, 1.54) is 10.8 Å². The van der Waals surface area contributed by atoms with Crippen molar-refractivity contribution in [1.82, 2.24) is 5.32 Å². The second-order valence-electron chi connectivity index (χ2n) is 5.84. The summed E-state index contributed by atoms with van der Waals surface area (Å²) >= 11 is 0. The van der Waals surface area contributed by atoms with Gasteiger partial charge in [-0.1, -0.05) is 42.5 Å². The van der Waals surface area contributed by atoms with Crippen LogP contribution in [0, 0.1) is 5.41 Å². The van der Waals surface area contributed by atoms with Crippen LogP contribution in [0.25, 0.3) is 10.8 Å². The monoisotopic (exact) mass is 268 g/mol. The van der Waals surface area contributed by atoms with E-state index in [4.69, 9.17) is 5.73 Å². The number of benzene rings is 2. The molecule has 3 nitrogen and oxygen atoms in total. The Labute approximate surface area is 119 Å². The highest BCUT2D eigenvalue weighted by Gasteiger charge is 2.41. The molecule has 2 aromatic rings. The number of carbonyl (C=O) groups excluding carboxylic acids is 1. The van der Waals surface area contributed by atoms with Crippen molar-refractivity contribution in [2.45, 2.75) is 19.3 Å². The van der Waals surface area contributed by atoms with Gasteiger partial charge >= 0.3 is 0 Å². The van der Waals surface area contributed by atoms with Crippen LogP contribution < -0.4 is 11.1 Å². The molecular weight excluding hydrogens is 248 g/mol. The maximum Gasteiger partial charge on any atom is 0.224 e. The predicted octanol–water partition coefficient (Wildman–Crippen LogP) is 2.24. The van der Waals surface area contributed by atoms with Crippen LogP contribution in [0.4, 0.5) is 0 Å². The molecule has 20 heavy (non-hydrogen) atoms. The van der Waals surface area contributed by atoms with Gasteiger partial charge in [0.15, 0.2) is 0 Å². The lowest BCUT2D eigenvalue weighted by Gasteiger charge is -2.13. The molecule has 2 aromatic carbocycles. The molecule has 0 bridgehead atoms. The first-order valence-electron chi connectivity index (χ1n) is 7.15. The second kappa shape index (κ2) is 5.25. The molecule has 1 saturated carbocycles. The average molecular weight is 268 g/mol. The van der Waals surface area contributed by atoms with Crippen LogP contribution in [0.1, 0.15) is 18.4 Å². The Morgan fingerprint density at radius 1 is 1.15 bits per heavy atom. The SMILES string of the molecule is NCC1(CNC(=O)Cc2ccc3ccccc3c2)CC1. The van der Waals surface area contributed by atoms with Crippen LogP contribution >= 0.6 is 0 Å². The van der Waals surface area contributed by atoms with E-state index in [0.29, 0.717) is 13.0 Å². The van der Waals surface area contributed by atoms with Crippen LogP contribution in [0.3, 0.4) is 0 Å². The molecule has 3 heteroatoms. The molecule has 3 rings (SSSR count). The highest BCUT2D eigenvalue weighted by molar-refractivity contribution is 5.85. The number of hydrogen-bond donors (Lipinski definition) is 2. The summed E-state index contributed by atoms with van der Waals surface area (Å²) in [7, 11) is 0. The molecule has 1 aliphatic carbocycles. The Kier molecular flexibility index (Phi) is 3.45. The van der Waals surface area contributed by atoms with Crippen LogP contribution in [0.15, 0.2) is 42.5 Å². The van der Waals surface area contributed by atoms with E-state index in [2.05, 4.69) is 29.6 Å². The maximum absolute atomic E-state index is 12.0. The van der Waals surface area contributed by atoms with Gasteiger partial charge in [0.2, 0.25) is 5.91 Å². The fourth-order valence-corrected chi connectivity index (χ4v) is 2.51. The standard InChI is InChI=1S/C17H20N2O/c18-11-17(7-8-17)12-19-16(20)10-13-5-6-14-3-1-2-4-15(14)9-13/h1-6,9H,7-8,10-12,18H2,(H,19,20). The third-order valence-corrected chi connectivity index (χ3v) is 4.23. The largest absolute Gasteiger partial charge is 0.355 e.